The molecule has 31 heavy (non-hydrogen) atoms. The second kappa shape index (κ2) is 7.88. The zero-order valence-corrected chi connectivity index (χ0v) is 17.6. The van der Waals surface area contributed by atoms with Crippen molar-refractivity contribution in [2.75, 3.05) is 13.1 Å². The maximum atomic E-state index is 13.2. The lowest BCUT2D eigenvalue weighted by Gasteiger charge is -2.37. The van der Waals surface area contributed by atoms with Crippen LogP contribution in [-0.4, -0.2) is 46.3 Å². The third kappa shape index (κ3) is 3.77. The van der Waals surface area contributed by atoms with Crippen LogP contribution in [0.15, 0.2) is 42.5 Å². The lowest BCUT2D eigenvalue weighted by molar-refractivity contribution is -0.133. The number of likely N-dealkylation sites (tertiary alicyclic amines) is 1. The zero-order chi connectivity index (χ0) is 22.2. The lowest BCUT2D eigenvalue weighted by Crippen LogP contribution is -2.55. The summed E-state index contributed by atoms with van der Waals surface area (Å²) in [5, 5.41) is 12.0. The Balaban J connectivity index is 1.46. The number of carbonyl (C=O) groups is 3. The number of hydrogen-bond donors (Lipinski definition) is 1. The van der Waals surface area contributed by atoms with Crippen LogP contribution in [0.5, 0.6) is 0 Å². The van der Waals surface area contributed by atoms with Crippen LogP contribution >= 0.6 is 0 Å². The van der Waals surface area contributed by atoms with Crippen molar-refractivity contribution in [3.05, 3.63) is 70.3 Å². The van der Waals surface area contributed by atoms with Gasteiger partial charge >= 0.3 is 6.03 Å². The molecule has 0 bridgehead atoms. The number of amides is 4. The molecule has 0 unspecified atom stereocenters. The van der Waals surface area contributed by atoms with Gasteiger partial charge in [0.15, 0.2) is 0 Å². The van der Waals surface area contributed by atoms with Crippen LogP contribution in [-0.2, 0) is 11.3 Å². The van der Waals surface area contributed by atoms with Gasteiger partial charge in [-0.1, -0.05) is 29.8 Å². The van der Waals surface area contributed by atoms with Crippen molar-refractivity contribution in [3.8, 4) is 6.07 Å². The molecule has 4 amide bonds. The average Bonchev–Trinajstić information content (AvgIpc) is 3.00. The van der Waals surface area contributed by atoms with Crippen LogP contribution in [0.4, 0.5) is 4.79 Å². The van der Waals surface area contributed by atoms with E-state index in [0.717, 1.165) is 16.7 Å². The average molecular weight is 416 g/mol. The van der Waals surface area contributed by atoms with Crippen LogP contribution in [0, 0.1) is 25.2 Å². The van der Waals surface area contributed by atoms with Crippen molar-refractivity contribution in [3.63, 3.8) is 0 Å². The molecule has 4 rings (SSSR count). The smallest absolute Gasteiger partial charge is 0.325 e. The first-order valence-corrected chi connectivity index (χ1v) is 10.3. The quantitative estimate of drug-likeness (QED) is 0.779. The van der Waals surface area contributed by atoms with Gasteiger partial charge in [0.1, 0.15) is 5.54 Å². The minimum Gasteiger partial charge on any atom is -0.338 e. The Morgan fingerprint density at radius 2 is 1.87 bits per heavy atom. The summed E-state index contributed by atoms with van der Waals surface area (Å²) in [5.74, 6) is -0.395. The molecule has 2 fully saturated rings. The van der Waals surface area contributed by atoms with Crippen molar-refractivity contribution in [2.45, 2.75) is 38.8 Å². The molecule has 1 N–H and O–H groups in total. The Morgan fingerprint density at radius 3 is 2.58 bits per heavy atom. The van der Waals surface area contributed by atoms with Gasteiger partial charge in [0, 0.05) is 18.7 Å². The second-order valence-corrected chi connectivity index (χ2v) is 8.32. The second-order valence-electron chi connectivity index (χ2n) is 8.32. The molecular formula is C24H24N4O3. The topological polar surface area (TPSA) is 93.5 Å². The van der Waals surface area contributed by atoms with Crippen LogP contribution in [0.2, 0.25) is 0 Å². The molecule has 2 aliphatic heterocycles. The van der Waals surface area contributed by atoms with Crippen LogP contribution in [0.25, 0.3) is 0 Å². The number of nitriles is 1. The third-order valence-electron chi connectivity index (χ3n) is 6.22. The fourth-order valence-corrected chi connectivity index (χ4v) is 4.30. The van der Waals surface area contributed by atoms with E-state index in [0.29, 0.717) is 37.1 Å². The van der Waals surface area contributed by atoms with Crippen LogP contribution in [0.3, 0.4) is 0 Å². The molecule has 0 saturated carbocycles. The van der Waals surface area contributed by atoms with E-state index in [9.17, 15) is 14.4 Å². The molecule has 0 atom stereocenters. The van der Waals surface area contributed by atoms with Gasteiger partial charge in [-0.15, -0.1) is 0 Å². The molecule has 7 heteroatoms. The van der Waals surface area contributed by atoms with E-state index >= 15 is 0 Å². The summed E-state index contributed by atoms with van der Waals surface area (Å²) < 4.78 is 0. The first-order chi connectivity index (χ1) is 14.8. The van der Waals surface area contributed by atoms with Crippen molar-refractivity contribution in [1.82, 2.24) is 15.1 Å². The van der Waals surface area contributed by atoms with Gasteiger partial charge in [-0.25, -0.2) is 4.79 Å². The predicted molar refractivity (Wildman–Crippen MR) is 114 cm³/mol. The number of urea groups is 1. The molecule has 2 heterocycles. The number of rotatable bonds is 3. The highest BCUT2D eigenvalue weighted by Crippen LogP contribution is 2.31. The number of hydrogen-bond acceptors (Lipinski definition) is 4. The van der Waals surface area contributed by atoms with E-state index in [4.69, 9.17) is 5.26 Å². The summed E-state index contributed by atoms with van der Waals surface area (Å²) >= 11 is 0. The largest absolute Gasteiger partial charge is 0.338 e. The number of nitrogens with zero attached hydrogens (tertiary/aromatic N) is 3. The number of benzene rings is 2. The molecule has 1 spiro atoms. The van der Waals surface area contributed by atoms with Gasteiger partial charge < -0.3 is 10.2 Å². The summed E-state index contributed by atoms with van der Waals surface area (Å²) in [6.45, 7) is 4.91. The number of piperidine rings is 1. The van der Waals surface area contributed by atoms with Gasteiger partial charge in [-0.3, -0.25) is 14.5 Å². The Hall–Kier alpha value is -3.66. The van der Waals surface area contributed by atoms with Gasteiger partial charge in [0.2, 0.25) is 0 Å². The van der Waals surface area contributed by atoms with Crippen molar-refractivity contribution in [2.24, 2.45) is 0 Å². The summed E-state index contributed by atoms with van der Waals surface area (Å²) in [6.07, 6.45) is 0.731. The SMILES string of the molecule is Cc1ccc(C)c(CN2C(=O)NC3(CCN(C(=O)c4cccc(C#N)c4)CC3)C2=O)c1. The predicted octanol–water partition coefficient (Wildman–Crippen LogP) is 2.90. The minimum atomic E-state index is -0.958. The highest BCUT2D eigenvalue weighted by atomic mass is 16.2. The molecule has 2 aromatic carbocycles. The standard InChI is InChI=1S/C24H24N4O3/c1-16-6-7-17(2)20(12-16)15-28-22(30)24(26-23(28)31)8-10-27(11-9-24)21(29)19-5-3-4-18(13-19)14-25/h3-7,12-13H,8-11,15H2,1-2H3,(H,26,31). The fourth-order valence-electron chi connectivity index (χ4n) is 4.30. The molecule has 0 aliphatic carbocycles. The number of imide groups is 1. The Labute approximate surface area is 181 Å². The van der Waals surface area contributed by atoms with Gasteiger partial charge in [-0.2, -0.15) is 5.26 Å². The van der Waals surface area contributed by atoms with Crippen molar-refractivity contribution in [1.29, 1.82) is 5.26 Å². The van der Waals surface area contributed by atoms with E-state index in [1.54, 1.807) is 29.2 Å². The lowest BCUT2D eigenvalue weighted by atomic mass is 9.87. The molecule has 158 valence electrons. The van der Waals surface area contributed by atoms with Crippen molar-refractivity contribution < 1.29 is 14.4 Å². The highest BCUT2D eigenvalue weighted by Gasteiger charge is 2.52. The van der Waals surface area contributed by atoms with Crippen molar-refractivity contribution >= 4 is 17.8 Å². The Bertz CT molecular complexity index is 1110. The molecule has 2 aliphatic rings. The minimum absolute atomic E-state index is 0.170. The van der Waals surface area contributed by atoms with Gasteiger partial charge in [0.05, 0.1) is 18.2 Å². The maximum absolute atomic E-state index is 13.2. The Kier molecular flexibility index (Phi) is 5.24. The number of nitrogens with one attached hydrogen (secondary N) is 1. The van der Waals surface area contributed by atoms with Gasteiger partial charge in [-0.05, 0) is 56.0 Å². The summed E-state index contributed by atoms with van der Waals surface area (Å²) in [6, 6.07) is 14.2. The van der Waals surface area contributed by atoms with E-state index in [1.807, 2.05) is 38.1 Å². The Morgan fingerprint density at radius 1 is 1.13 bits per heavy atom. The summed E-state index contributed by atoms with van der Waals surface area (Å²) in [4.78, 5) is 41.7. The number of aryl methyl sites for hydroxylation is 2. The summed E-state index contributed by atoms with van der Waals surface area (Å²) in [5.41, 5.74) is 2.99. The van der Waals surface area contributed by atoms with E-state index in [1.165, 1.54) is 4.90 Å². The highest BCUT2D eigenvalue weighted by molar-refractivity contribution is 6.07. The third-order valence-corrected chi connectivity index (χ3v) is 6.22. The maximum Gasteiger partial charge on any atom is 0.325 e. The first kappa shape index (κ1) is 20.6. The number of carbonyl (C=O) groups excluding carboxylic acids is 3. The van der Waals surface area contributed by atoms with Gasteiger partial charge in [0.25, 0.3) is 11.8 Å². The van der Waals surface area contributed by atoms with E-state index in [2.05, 4.69) is 5.32 Å². The molecule has 7 nitrogen and oxygen atoms in total. The van der Waals surface area contributed by atoms with Crippen LogP contribution < -0.4 is 5.32 Å². The fraction of sp³-hybridized carbons (Fsp3) is 0.333. The molecule has 0 aromatic heterocycles. The molecule has 2 saturated heterocycles. The molecule has 0 radical (unpaired) electrons. The van der Waals surface area contributed by atoms with E-state index in [-0.39, 0.29) is 24.4 Å². The monoisotopic (exact) mass is 416 g/mol. The first-order valence-electron chi connectivity index (χ1n) is 10.3. The molecular weight excluding hydrogens is 392 g/mol. The summed E-state index contributed by atoms with van der Waals surface area (Å²) in [7, 11) is 0. The van der Waals surface area contributed by atoms with Crippen LogP contribution in [0.1, 0.15) is 45.5 Å². The molecule has 2 aromatic rings. The normalized spacial score (nSPS) is 17.6. The zero-order valence-electron chi connectivity index (χ0n) is 17.6. The van der Waals surface area contributed by atoms with E-state index < -0.39 is 5.54 Å².